The number of hydrogen-bond donors (Lipinski definition) is 0. The quantitative estimate of drug-likeness (QED) is 0.862. The van der Waals surface area contributed by atoms with E-state index < -0.39 is 0 Å². The van der Waals surface area contributed by atoms with E-state index in [4.69, 9.17) is 4.42 Å². The first-order chi connectivity index (χ1) is 12.2. The number of oxazole rings is 1. The van der Waals surface area contributed by atoms with Crippen molar-refractivity contribution in [2.75, 3.05) is 26.2 Å². The fourth-order valence-electron chi connectivity index (χ4n) is 4.56. The number of fused-ring (bicyclic) bond motifs is 5. The van der Waals surface area contributed by atoms with Crippen LogP contribution in [0.15, 0.2) is 22.6 Å². The van der Waals surface area contributed by atoms with Crippen LogP contribution >= 0.6 is 0 Å². The van der Waals surface area contributed by atoms with Crippen molar-refractivity contribution in [1.29, 1.82) is 0 Å². The Morgan fingerprint density at radius 1 is 1.20 bits per heavy atom. The molecule has 1 aromatic heterocycles. The second-order valence-corrected chi connectivity index (χ2v) is 8.12. The number of benzene rings is 1. The molecule has 5 nitrogen and oxygen atoms in total. The van der Waals surface area contributed by atoms with Gasteiger partial charge in [0.25, 0.3) is 5.91 Å². The number of hydrogen-bond acceptors (Lipinski definition) is 4. The summed E-state index contributed by atoms with van der Waals surface area (Å²) in [5, 5.41) is 0. The van der Waals surface area contributed by atoms with Gasteiger partial charge in [0, 0.05) is 44.7 Å². The zero-order valence-corrected chi connectivity index (χ0v) is 14.8. The maximum atomic E-state index is 13.1. The molecule has 3 aliphatic heterocycles. The summed E-state index contributed by atoms with van der Waals surface area (Å²) in [7, 11) is 0. The van der Waals surface area contributed by atoms with Gasteiger partial charge >= 0.3 is 0 Å². The van der Waals surface area contributed by atoms with Gasteiger partial charge in [-0.1, -0.05) is 0 Å². The van der Waals surface area contributed by atoms with Crippen LogP contribution in [-0.2, 0) is 0 Å². The van der Waals surface area contributed by atoms with Crippen LogP contribution in [-0.4, -0.2) is 52.9 Å². The molecule has 5 heteroatoms. The summed E-state index contributed by atoms with van der Waals surface area (Å²) >= 11 is 0. The van der Waals surface area contributed by atoms with Crippen LogP contribution in [0.1, 0.15) is 41.9 Å². The van der Waals surface area contributed by atoms with Gasteiger partial charge in [-0.05, 0) is 55.7 Å². The Balaban J connectivity index is 1.37. The molecule has 2 aromatic rings. The molecule has 25 heavy (non-hydrogen) atoms. The molecule has 0 N–H and O–H groups in total. The third-order valence-electron chi connectivity index (χ3n) is 6.05. The minimum atomic E-state index is 0.140. The first-order valence-electron chi connectivity index (χ1n) is 9.56. The molecule has 3 saturated heterocycles. The van der Waals surface area contributed by atoms with Crippen molar-refractivity contribution < 1.29 is 9.21 Å². The van der Waals surface area contributed by atoms with Crippen LogP contribution in [0.5, 0.6) is 0 Å². The smallest absolute Gasteiger partial charge is 0.254 e. The topological polar surface area (TPSA) is 49.6 Å². The van der Waals surface area contributed by atoms with Crippen molar-refractivity contribution in [3.05, 3.63) is 29.7 Å². The summed E-state index contributed by atoms with van der Waals surface area (Å²) in [5.74, 6) is 2.32. The fraction of sp³-hybridized carbons (Fsp3) is 0.600. The predicted octanol–water partition coefficient (Wildman–Crippen LogP) is 3.08. The molecule has 1 aliphatic carbocycles. The van der Waals surface area contributed by atoms with Crippen molar-refractivity contribution in [1.82, 2.24) is 14.8 Å². The summed E-state index contributed by atoms with van der Waals surface area (Å²) in [6.07, 6.45) is 5.29. The van der Waals surface area contributed by atoms with Gasteiger partial charge in [0.15, 0.2) is 11.5 Å². The highest BCUT2D eigenvalue weighted by Crippen LogP contribution is 2.35. The molecule has 2 atom stereocenters. The number of amides is 1. The van der Waals surface area contributed by atoms with Crippen LogP contribution in [0.3, 0.4) is 0 Å². The van der Waals surface area contributed by atoms with Gasteiger partial charge in [-0.15, -0.1) is 0 Å². The maximum absolute atomic E-state index is 13.1. The van der Waals surface area contributed by atoms with E-state index >= 15 is 0 Å². The van der Waals surface area contributed by atoms with Crippen LogP contribution in [0.25, 0.3) is 11.1 Å². The number of aromatic nitrogens is 1. The minimum absolute atomic E-state index is 0.140. The molecule has 6 rings (SSSR count). The van der Waals surface area contributed by atoms with E-state index in [0.717, 1.165) is 30.1 Å². The van der Waals surface area contributed by atoms with Gasteiger partial charge in [-0.25, -0.2) is 4.98 Å². The molecular formula is C20H25N3O2. The molecule has 1 saturated carbocycles. The normalized spacial score (nSPS) is 27.0. The van der Waals surface area contributed by atoms with Crippen LogP contribution in [0.4, 0.5) is 0 Å². The summed E-state index contributed by atoms with van der Waals surface area (Å²) < 4.78 is 5.60. The van der Waals surface area contributed by atoms with E-state index in [-0.39, 0.29) is 5.91 Å². The number of nitrogens with zero attached hydrogens (tertiary/aromatic N) is 3. The standard InChI is InChI=1S/C20H25N3O2/c1-13-21-18-7-5-16(8-19(18)25-13)20(24)23-11-15-4-6-17(12-23)22(10-15)9-14-2-3-14/h5,7-8,14-15,17H,2-4,6,9-12H2,1H3/t15-,17-/m0/s1. The lowest BCUT2D eigenvalue weighted by Gasteiger charge is -2.36. The molecule has 132 valence electrons. The number of aryl methyl sites for hydroxylation is 1. The molecule has 1 aromatic carbocycles. The highest BCUT2D eigenvalue weighted by Gasteiger charge is 2.38. The monoisotopic (exact) mass is 339 g/mol. The maximum Gasteiger partial charge on any atom is 0.254 e. The Kier molecular flexibility index (Phi) is 3.59. The van der Waals surface area contributed by atoms with Crippen LogP contribution < -0.4 is 0 Å². The van der Waals surface area contributed by atoms with Gasteiger partial charge < -0.3 is 9.32 Å². The lowest BCUT2D eigenvalue weighted by molar-refractivity contribution is 0.0737. The van der Waals surface area contributed by atoms with Gasteiger partial charge in [-0.2, -0.15) is 0 Å². The molecule has 4 heterocycles. The fourth-order valence-corrected chi connectivity index (χ4v) is 4.56. The highest BCUT2D eigenvalue weighted by atomic mass is 16.3. The second-order valence-electron chi connectivity index (χ2n) is 8.12. The number of carbonyl (C=O) groups excluding carboxylic acids is 1. The van der Waals surface area contributed by atoms with Gasteiger partial charge in [0.05, 0.1) is 0 Å². The van der Waals surface area contributed by atoms with E-state index in [1.807, 2.05) is 25.1 Å². The zero-order chi connectivity index (χ0) is 17.0. The van der Waals surface area contributed by atoms with E-state index in [0.29, 0.717) is 23.4 Å². The van der Waals surface area contributed by atoms with Gasteiger partial charge in [0.1, 0.15) is 5.52 Å². The Hall–Kier alpha value is -1.88. The number of rotatable bonds is 3. The summed E-state index contributed by atoms with van der Waals surface area (Å²) in [5.41, 5.74) is 2.25. The summed E-state index contributed by atoms with van der Waals surface area (Å²) in [6.45, 7) is 6.01. The van der Waals surface area contributed by atoms with Crippen molar-refractivity contribution in [3.8, 4) is 0 Å². The van der Waals surface area contributed by atoms with Gasteiger partial charge in [-0.3, -0.25) is 9.69 Å². The van der Waals surface area contributed by atoms with Crippen molar-refractivity contribution in [2.24, 2.45) is 11.8 Å². The first-order valence-corrected chi connectivity index (χ1v) is 9.56. The highest BCUT2D eigenvalue weighted by molar-refractivity contribution is 5.97. The molecule has 2 bridgehead atoms. The van der Waals surface area contributed by atoms with Crippen molar-refractivity contribution >= 4 is 17.0 Å². The zero-order valence-electron chi connectivity index (χ0n) is 14.8. The summed E-state index contributed by atoms with van der Waals surface area (Å²) in [4.78, 5) is 22.2. The van der Waals surface area contributed by atoms with Crippen molar-refractivity contribution in [2.45, 2.75) is 38.6 Å². The molecule has 4 fully saturated rings. The lowest BCUT2D eigenvalue weighted by atomic mass is 9.95. The predicted molar refractivity (Wildman–Crippen MR) is 95.5 cm³/mol. The third kappa shape index (κ3) is 2.95. The average molecular weight is 339 g/mol. The van der Waals surface area contributed by atoms with E-state index in [1.54, 1.807) is 0 Å². The lowest BCUT2D eigenvalue weighted by Crippen LogP contribution is -2.45. The van der Waals surface area contributed by atoms with Crippen LogP contribution in [0, 0.1) is 18.8 Å². The largest absolute Gasteiger partial charge is 0.441 e. The van der Waals surface area contributed by atoms with E-state index in [1.165, 1.54) is 38.8 Å². The van der Waals surface area contributed by atoms with E-state index in [2.05, 4.69) is 14.8 Å². The third-order valence-corrected chi connectivity index (χ3v) is 6.05. The number of piperidine rings is 1. The molecule has 0 spiro atoms. The molecule has 4 aliphatic rings. The second kappa shape index (κ2) is 5.84. The molecule has 0 radical (unpaired) electrons. The SMILES string of the molecule is Cc1nc2ccc(C(=O)N3C[C@H]4CC[C@@H](C3)N(CC3CC3)C4)cc2o1. The average Bonchev–Trinajstić information content (AvgIpc) is 3.38. The Morgan fingerprint density at radius 2 is 2.08 bits per heavy atom. The van der Waals surface area contributed by atoms with E-state index in [9.17, 15) is 4.79 Å². The Morgan fingerprint density at radius 3 is 2.92 bits per heavy atom. The van der Waals surface area contributed by atoms with Crippen LogP contribution in [0.2, 0.25) is 0 Å². The molecule has 0 unspecified atom stereocenters. The Bertz CT molecular complexity index is 810. The van der Waals surface area contributed by atoms with Gasteiger partial charge in [0.2, 0.25) is 0 Å². The molecule has 1 amide bonds. The minimum Gasteiger partial charge on any atom is -0.441 e. The first kappa shape index (κ1) is 15.4. The molecular weight excluding hydrogens is 314 g/mol. The van der Waals surface area contributed by atoms with Crippen molar-refractivity contribution in [3.63, 3.8) is 0 Å². The Labute approximate surface area is 148 Å². The number of carbonyl (C=O) groups is 1. The summed E-state index contributed by atoms with van der Waals surface area (Å²) in [6, 6.07) is 6.18.